The van der Waals surface area contributed by atoms with Gasteiger partial charge in [0.15, 0.2) is 11.0 Å². The van der Waals surface area contributed by atoms with E-state index in [9.17, 15) is 4.79 Å². The Morgan fingerprint density at radius 1 is 1.09 bits per heavy atom. The summed E-state index contributed by atoms with van der Waals surface area (Å²) in [5, 5.41) is 10.9. The first-order valence-corrected chi connectivity index (χ1v) is 12.1. The molecular formula is C25H27N5O2S. The van der Waals surface area contributed by atoms with Crippen LogP contribution in [0.3, 0.4) is 0 Å². The minimum atomic E-state index is 0.0480. The SMILES string of the molecule is Cc1ccccc1-n1c(SCC(=O)N2C[C@H](C)O[C@@H](C)C2)nnc1-c1c[nH]c2ccccc12. The van der Waals surface area contributed by atoms with E-state index < -0.39 is 0 Å². The van der Waals surface area contributed by atoms with Crippen molar-refractivity contribution in [2.24, 2.45) is 0 Å². The van der Waals surface area contributed by atoms with Gasteiger partial charge in [0.1, 0.15) is 0 Å². The van der Waals surface area contributed by atoms with Crippen LogP contribution in [-0.2, 0) is 9.53 Å². The maximum atomic E-state index is 13.0. The van der Waals surface area contributed by atoms with Gasteiger partial charge in [-0.1, -0.05) is 48.2 Å². The summed E-state index contributed by atoms with van der Waals surface area (Å²) < 4.78 is 7.83. The Balaban J connectivity index is 1.49. The van der Waals surface area contributed by atoms with Crippen LogP contribution in [0.25, 0.3) is 28.0 Å². The van der Waals surface area contributed by atoms with E-state index in [1.54, 1.807) is 0 Å². The van der Waals surface area contributed by atoms with Gasteiger partial charge in [0.2, 0.25) is 5.91 Å². The van der Waals surface area contributed by atoms with Crippen molar-refractivity contribution in [1.82, 2.24) is 24.6 Å². The van der Waals surface area contributed by atoms with E-state index >= 15 is 0 Å². The van der Waals surface area contributed by atoms with E-state index in [4.69, 9.17) is 4.74 Å². The average molecular weight is 462 g/mol. The number of para-hydroxylation sites is 2. The number of rotatable bonds is 5. The first-order valence-electron chi connectivity index (χ1n) is 11.1. The van der Waals surface area contributed by atoms with Crippen molar-refractivity contribution >= 4 is 28.6 Å². The van der Waals surface area contributed by atoms with Gasteiger partial charge in [-0.25, -0.2) is 0 Å². The number of hydrogen-bond donors (Lipinski definition) is 1. The molecule has 1 amide bonds. The van der Waals surface area contributed by atoms with Crippen molar-refractivity contribution in [3.05, 3.63) is 60.3 Å². The largest absolute Gasteiger partial charge is 0.372 e. The van der Waals surface area contributed by atoms with Crippen LogP contribution in [0.15, 0.2) is 59.9 Å². The van der Waals surface area contributed by atoms with Gasteiger partial charge in [-0.05, 0) is 38.5 Å². The highest BCUT2D eigenvalue weighted by Crippen LogP contribution is 2.33. The van der Waals surface area contributed by atoms with Gasteiger partial charge in [0, 0.05) is 35.8 Å². The first kappa shape index (κ1) is 21.7. The monoisotopic (exact) mass is 461 g/mol. The molecule has 7 nitrogen and oxygen atoms in total. The molecule has 2 aromatic heterocycles. The molecule has 5 rings (SSSR count). The summed E-state index contributed by atoms with van der Waals surface area (Å²) in [4.78, 5) is 18.2. The number of hydrogen-bond acceptors (Lipinski definition) is 5. The van der Waals surface area contributed by atoms with Crippen molar-refractivity contribution < 1.29 is 9.53 Å². The molecule has 2 aromatic carbocycles. The van der Waals surface area contributed by atoms with Crippen LogP contribution in [0, 0.1) is 6.92 Å². The minimum absolute atomic E-state index is 0.0480. The highest BCUT2D eigenvalue weighted by atomic mass is 32.2. The van der Waals surface area contributed by atoms with E-state index in [0.29, 0.717) is 24.0 Å². The standard InChI is InChI=1S/C25H27N5O2S/c1-16-8-4-7-11-22(16)30-24(20-12-26-21-10-6-5-9-19(20)21)27-28-25(30)33-15-23(31)29-13-17(2)32-18(3)14-29/h4-12,17-18,26H,13-15H2,1-3H3/t17-,18-/m0/s1. The number of morpholine rings is 1. The van der Waals surface area contributed by atoms with Crippen LogP contribution in [-0.4, -0.2) is 61.6 Å². The average Bonchev–Trinajstić information content (AvgIpc) is 3.41. The zero-order valence-corrected chi connectivity index (χ0v) is 19.8. The topological polar surface area (TPSA) is 76.0 Å². The number of benzene rings is 2. The fourth-order valence-electron chi connectivity index (χ4n) is 4.42. The molecule has 1 saturated heterocycles. The molecule has 170 valence electrons. The lowest BCUT2D eigenvalue weighted by Crippen LogP contribution is -2.48. The number of aryl methyl sites for hydroxylation is 1. The predicted octanol–water partition coefficient (Wildman–Crippen LogP) is 4.45. The Hall–Kier alpha value is -3.10. The number of H-pyrrole nitrogens is 1. The van der Waals surface area contributed by atoms with Gasteiger partial charge in [0.25, 0.3) is 0 Å². The number of fused-ring (bicyclic) bond motifs is 1. The number of amides is 1. The van der Waals surface area contributed by atoms with Crippen LogP contribution < -0.4 is 0 Å². The van der Waals surface area contributed by atoms with Crippen LogP contribution in [0.1, 0.15) is 19.4 Å². The number of ether oxygens (including phenoxy) is 1. The number of carbonyl (C=O) groups is 1. The summed E-state index contributed by atoms with van der Waals surface area (Å²) in [6.45, 7) is 7.32. The molecule has 33 heavy (non-hydrogen) atoms. The fraction of sp³-hybridized carbons (Fsp3) is 0.320. The van der Waals surface area contributed by atoms with Crippen LogP contribution in [0.5, 0.6) is 0 Å². The quantitative estimate of drug-likeness (QED) is 0.445. The molecule has 1 N–H and O–H groups in total. The molecule has 8 heteroatoms. The van der Waals surface area contributed by atoms with Gasteiger partial charge in [-0.3, -0.25) is 9.36 Å². The third kappa shape index (κ3) is 4.28. The Kier molecular flexibility index (Phi) is 5.95. The number of aromatic nitrogens is 4. The highest BCUT2D eigenvalue weighted by Gasteiger charge is 2.27. The molecule has 0 bridgehead atoms. The van der Waals surface area contributed by atoms with E-state index in [2.05, 4.69) is 44.9 Å². The lowest BCUT2D eigenvalue weighted by atomic mass is 10.1. The third-order valence-corrected chi connectivity index (χ3v) is 6.83. The summed E-state index contributed by atoms with van der Waals surface area (Å²) in [5.41, 5.74) is 4.15. The predicted molar refractivity (Wildman–Crippen MR) is 131 cm³/mol. The molecule has 1 fully saturated rings. The van der Waals surface area contributed by atoms with Crippen molar-refractivity contribution in [3.8, 4) is 17.1 Å². The van der Waals surface area contributed by atoms with Crippen molar-refractivity contribution in [3.63, 3.8) is 0 Å². The van der Waals surface area contributed by atoms with Gasteiger partial charge >= 0.3 is 0 Å². The second-order valence-electron chi connectivity index (χ2n) is 8.52. The van der Waals surface area contributed by atoms with Crippen molar-refractivity contribution in [2.45, 2.75) is 38.1 Å². The molecule has 0 saturated carbocycles. The Labute approximate surface area is 197 Å². The first-order chi connectivity index (χ1) is 16.0. The van der Waals surface area contributed by atoms with Crippen LogP contribution in [0.2, 0.25) is 0 Å². The molecule has 0 radical (unpaired) electrons. The normalized spacial score (nSPS) is 18.7. The number of thioether (sulfide) groups is 1. The number of nitrogens with zero attached hydrogens (tertiary/aromatic N) is 4. The number of carbonyl (C=O) groups excluding carboxylic acids is 1. The molecule has 4 aromatic rings. The van der Waals surface area contributed by atoms with Gasteiger partial charge in [-0.15, -0.1) is 10.2 Å². The molecule has 3 heterocycles. The Morgan fingerprint density at radius 2 is 1.82 bits per heavy atom. The molecule has 1 aliphatic rings. The fourth-order valence-corrected chi connectivity index (χ4v) is 5.27. The van der Waals surface area contributed by atoms with E-state index in [0.717, 1.165) is 33.5 Å². The zero-order chi connectivity index (χ0) is 22.9. The second kappa shape index (κ2) is 9.03. The molecule has 0 spiro atoms. The Bertz CT molecular complexity index is 1290. The summed E-state index contributed by atoms with van der Waals surface area (Å²) in [6.07, 6.45) is 2.07. The van der Waals surface area contributed by atoms with Crippen molar-refractivity contribution in [2.75, 3.05) is 18.8 Å². The molecule has 2 atom stereocenters. The molecule has 0 aliphatic carbocycles. The Morgan fingerprint density at radius 3 is 2.61 bits per heavy atom. The van der Waals surface area contributed by atoms with Gasteiger partial charge in [-0.2, -0.15) is 0 Å². The second-order valence-corrected chi connectivity index (χ2v) is 9.46. The van der Waals surface area contributed by atoms with Crippen LogP contribution in [0.4, 0.5) is 0 Å². The van der Waals surface area contributed by atoms with E-state index in [1.165, 1.54) is 11.8 Å². The lowest BCUT2D eigenvalue weighted by molar-refractivity contribution is -0.140. The maximum Gasteiger partial charge on any atom is 0.233 e. The molecular weight excluding hydrogens is 434 g/mol. The zero-order valence-electron chi connectivity index (χ0n) is 19.0. The third-order valence-electron chi connectivity index (χ3n) is 5.92. The maximum absolute atomic E-state index is 13.0. The van der Waals surface area contributed by atoms with E-state index in [-0.39, 0.29) is 18.1 Å². The van der Waals surface area contributed by atoms with Gasteiger partial charge in [0.05, 0.1) is 23.6 Å². The number of nitrogens with one attached hydrogen (secondary N) is 1. The molecule has 1 aliphatic heterocycles. The molecule has 0 unspecified atom stereocenters. The summed E-state index contributed by atoms with van der Waals surface area (Å²) in [6, 6.07) is 16.3. The number of aromatic amines is 1. The van der Waals surface area contributed by atoms with E-state index in [1.807, 2.05) is 55.3 Å². The van der Waals surface area contributed by atoms with Crippen molar-refractivity contribution in [1.29, 1.82) is 0 Å². The lowest BCUT2D eigenvalue weighted by Gasteiger charge is -2.35. The van der Waals surface area contributed by atoms with Crippen LogP contribution >= 0.6 is 11.8 Å². The highest BCUT2D eigenvalue weighted by molar-refractivity contribution is 7.99. The summed E-state index contributed by atoms with van der Waals surface area (Å²) in [7, 11) is 0. The summed E-state index contributed by atoms with van der Waals surface area (Å²) >= 11 is 1.43. The minimum Gasteiger partial charge on any atom is -0.372 e. The smallest absolute Gasteiger partial charge is 0.233 e. The van der Waals surface area contributed by atoms with Gasteiger partial charge < -0.3 is 14.6 Å². The summed E-state index contributed by atoms with van der Waals surface area (Å²) in [5.74, 6) is 1.15.